The van der Waals surface area contributed by atoms with Gasteiger partial charge in [0.25, 0.3) is 0 Å². The van der Waals surface area contributed by atoms with Crippen molar-refractivity contribution in [3.63, 3.8) is 0 Å². The lowest BCUT2D eigenvalue weighted by atomic mass is 9.85. The lowest BCUT2D eigenvalue weighted by Gasteiger charge is -2.16. The Morgan fingerprint density at radius 2 is 1.81 bits per heavy atom. The summed E-state index contributed by atoms with van der Waals surface area (Å²) in [4.78, 5) is 26.6. The lowest BCUT2D eigenvalue weighted by molar-refractivity contribution is -0.672. The molecule has 1 aliphatic heterocycles. The largest absolute Gasteiger partial charge is 1.00 e. The number of carbonyl (C=O) groups is 2. The van der Waals surface area contributed by atoms with E-state index in [1.54, 1.807) is 0 Å². The van der Waals surface area contributed by atoms with Crippen LogP contribution in [0.4, 0.5) is 0 Å². The van der Waals surface area contributed by atoms with Gasteiger partial charge in [-0.15, -0.1) is 0 Å². The molecule has 2 aliphatic carbocycles. The molecule has 1 aromatic heterocycles. The number of allylic oxidation sites excluding steroid dienone is 2. The number of imide groups is 1. The van der Waals surface area contributed by atoms with E-state index in [1.807, 2.05) is 36.1 Å². The molecule has 1 saturated carbocycles. The maximum atomic E-state index is 12.5. The van der Waals surface area contributed by atoms with E-state index in [4.69, 9.17) is 0 Å². The quantitative estimate of drug-likeness (QED) is 0.247. The van der Waals surface area contributed by atoms with E-state index in [0.717, 1.165) is 12.0 Å². The zero-order valence-electron chi connectivity index (χ0n) is 11.8. The first-order valence-electron chi connectivity index (χ1n) is 7.13. The number of nitrogens with zero attached hydrogens (tertiary/aromatic N) is 2. The standard InChI is InChI=1S/C16H17N2O2.HI/c1-17-6-2-3-10(8-17)9-18-15(19)13-11-4-5-12(7-11)14(13)16(18)20;/h2-6,8,11-14H,7,9H2,1H3;1H/q+1;/p-1. The van der Waals surface area contributed by atoms with Gasteiger partial charge in [0.2, 0.25) is 11.8 Å². The number of hydrogen-bond donors (Lipinski definition) is 0. The molecule has 1 saturated heterocycles. The van der Waals surface area contributed by atoms with Gasteiger partial charge in [-0.1, -0.05) is 12.2 Å². The Morgan fingerprint density at radius 3 is 2.38 bits per heavy atom. The molecule has 110 valence electrons. The number of halogens is 1. The normalized spacial score (nSPS) is 32.5. The molecule has 0 aromatic carbocycles. The highest BCUT2D eigenvalue weighted by Gasteiger charge is 2.59. The van der Waals surface area contributed by atoms with E-state index in [9.17, 15) is 9.59 Å². The summed E-state index contributed by atoms with van der Waals surface area (Å²) in [6.07, 6.45) is 9.14. The lowest BCUT2D eigenvalue weighted by Crippen LogP contribution is -3.00. The highest BCUT2D eigenvalue weighted by atomic mass is 127. The van der Waals surface area contributed by atoms with Crippen LogP contribution in [0.2, 0.25) is 0 Å². The summed E-state index contributed by atoms with van der Waals surface area (Å²) in [5.41, 5.74) is 0.997. The summed E-state index contributed by atoms with van der Waals surface area (Å²) in [6.45, 7) is 0.402. The Kier molecular flexibility index (Phi) is 3.63. The Morgan fingerprint density at radius 1 is 1.19 bits per heavy atom. The maximum Gasteiger partial charge on any atom is 0.234 e. The van der Waals surface area contributed by atoms with Crippen molar-refractivity contribution in [1.82, 2.24) is 4.90 Å². The molecule has 21 heavy (non-hydrogen) atoms. The molecule has 4 unspecified atom stereocenters. The summed E-state index contributed by atoms with van der Waals surface area (Å²) in [6, 6.07) is 3.90. The molecule has 0 radical (unpaired) electrons. The maximum absolute atomic E-state index is 12.5. The van der Waals surface area contributed by atoms with Crippen molar-refractivity contribution in [1.29, 1.82) is 0 Å². The minimum absolute atomic E-state index is 0. The van der Waals surface area contributed by atoms with E-state index in [2.05, 4.69) is 12.2 Å². The second-order valence-electron chi connectivity index (χ2n) is 6.14. The second-order valence-corrected chi connectivity index (χ2v) is 6.14. The average molecular weight is 396 g/mol. The fourth-order valence-electron chi connectivity index (χ4n) is 4.05. The molecule has 2 amide bonds. The number of carbonyl (C=O) groups excluding carboxylic acids is 2. The molecule has 4 rings (SSSR count). The number of rotatable bonds is 2. The predicted octanol–water partition coefficient (Wildman–Crippen LogP) is -2.18. The van der Waals surface area contributed by atoms with Crippen molar-refractivity contribution >= 4 is 11.8 Å². The van der Waals surface area contributed by atoms with Crippen molar-refractivity contribution in [2.24, 2.45) is 30.7 Å². The molecule has 3 aliphatic rings. The highest BCUT2D eigenvalue weighted by Crippen LogP contribution is 2.52. The van der Waals surface area contributed by atoms with Crippen molar-refractivity contribution in [3.05, 3.63) is 42.2 Å². The number of pyridine rings is 1. The van der Waals surface area contributed by atoms with Crippen LogP contribution in [0.5, 0.6) is 0 Å². The summed E-state index contributed by atoms with van der Waals surface area (Å²) in [5.74, 6) is 0.466. The summed E-state index contributed by atoms with van der Waals surface area (Å²) in [5, 5.41) is 0. The smallest absolute Gasteiger partial charge is 0.234 e. The molecule has 2 bridgehead atoms. The van der Waals surface area contributed by atoms with Crippen molar-refractivity contribution in [2.75, 3.05) is 0 Å². The van der Waals surface area contributed by atoms with Crippen molar-refractivity contribution < 1.29 is 38.1 Å². The zero-order chi connectivity index (χ0) is 13.9. The monoisotopic (exact) mass is 396 g/mol. The van der Waals surface area contributed by atoms with Gasteiger partial charge in [0.15, 0.2) is 12.4 Å². The van der Waals surface area contributed by atoms with Gasteiger partial charge in [0.05, 0.1) is 18.4 Å². The predicted molar refractivity (Wildman–Crippen MR) is 70.9 cm³/mol. The van der Waals surface area contributed by atoms with Gasteiger partial charge in [0, 0.05) is 11.6 Å². The van der Waals surface area contributed by atoms with Gasteiger partial charge in [-0.3, -0.25) is 14.5 Å². The van der Waals surface area contributed by atoms with Gasteiger partial charge in [-0.2, -0.15) is 0 Å². The van der Waals surface area contributed by atoms with Crippen LogP contribution in [-0.4, -0.2) is 16.7 Å². The first kappa shape index (κ1) is 14.7. The topological polar surface area (TPSA) is 41.3 Å². The SMILES string of the molecule is C[n+]1cccc(CN2C(=O)C3C4C=CC(C4)C3C2=O)c1.[I-]. The van der Waals surface area contributed by atoms with Gasteiger partial charge in [0.1, 0.15) is 7.05 Å². The third-order valence-corrected chi connectivity index (χ3v) is 4.90. The first-order valence-corrected chi connectivity index (χ1v) is 7.13. The number of fused-ring (bicyclic) bond motifs is 5. The molecular formula is C16H17IN2O2. The van der Waals surface area contributed by atoms with Gasteiger partial charge in [-0.05, 0) is 24.3 Å². The van der Waals surface area contributed by atoms with Crippen LogP contribution in [0.3, 0.4) is 0 Å². The fraction of sp³-hybridized carbons (Fsp3) is 0.438. The Balaban J connectivity index is 0.00000132. The van der Waals surface area contributed by atoms with E-state index < -0.39 is 0 Å². The molecule has 2 fully saturated rings. The molecule has 5 heteroatoms. The van der Waals surface area contributed by atoms with Crippen LogP contribution in [-0.2, 0) is 23.2 Å². The van der Waals surface area contributed by atoms with E-state index >= 15 is 0 Å². The number of aryl methyl sites for hydroxylation is 1. The van der Waals surface area contributed by atoms with Gasteiger partial charge < -0.3 is 24.0 Å². The minimum Gasteiger partial charge on any atom is -1.00 e. The number of likely N-dealkylation sites (tertiary alicyclic amines) is 1. The average Bonchev–Trinajstić information content (AvgIpc) is 3.09. The van der Waals surface area contributed by atoms with Gasteiger partial charge in [-0.25, -0.2) is 4.57 Å². The summed E-state index contributed by atoms with van der Waals surface area (Å²) in [7, 11) is 1.94. The zero-order valence-corrected chi connectivity index (χ0v) is 13.9. The molecule has 2 heterocycles. The highest BCUT2D eigenvalue weighted by molar-refractivity contribution is 6.06. The van der Waals surface area contributed by atoms with Crippen molar-refractivity contribution in [3.8, 4) is 0 Å². The third kappa shape index (κ3) is 2.13. The summed E-state index contributed by atoms with van der Waals surface area (Å²) >= 11 is 0. The third-order valence-electron chi connectivity index (χ3n) is 4.90. The van der Waals surface area contributed by atoms with E-state index in [-0.39, 0.29) is 47.6 Å². The van der Waals surface area contributed by atoms with E-state index in [1.165, 1.54) is 4.90 Å². The Labute approximate surface area is 140 Å². The van der Waals surface area contributed by atoms with E-state index in [0.29, 0.717) is 18.4 Å². The van der Waals surface area contributed by atoms with Gasteiger partial charge >= 0.3 is 0 Å². The minimum atomic E-state index is -0.0880. The van der Waals surface area contributed by atoms with Crippen LogP contribution in [0.1, 0.15) is 12.0 Å². The molecule has 4 atom stereocenters. The molecule has 0 spiro atoms. The first-order chi connectivity index (χ1) is 9.65. The summed E-state index contributed by atoms with van der Waals surface area (Å²) < 4.78 is 1.94. The Bertz CT molecular complexity index is 613. The fourth-order valence-corrected chi connectivity index (χ4v) is 4.05. The molecule has 4 nitrogen and oxygen atoms in total. The molecule has 1 aromatic rings. The molecule has 0 N–H and O–H groups in total. The van der Waals surface area contributed by atoms with Crippen LogP contribution in [0.25, 0.3) is 0 Å². The van der Waals surface area contributed by atoms with Crippen LogP contribution >= 0.6 is 0 Å². The van der Waals surface area contributed by atoms with Crippen LogP contribution in [0.15, 0.2) is 36.7 Å². The molecular weight excluding hydrogens is 379 g/mol. The van der Waals surface area contributed by atoms with Crippen LogP contribution < -0.4 is 28.5 Å². The van der Waals surface area contributed by atoms with Crippen LogP contribution in [0, 0.1) is 23.7 Å². The number of hydrogen-bond acceptors (Lipinski definition) is 2. The second kappa shape index (κ2) is 5.19. The number of amides is 2. The Hall–Kier alpha value is -1.24. The number of aromatic nitrogens is 1. The van der Waals surface area contributed by atoms with Crippen molar-refractivity contribution in [2.45, 2.75) is 13.0 Å².